The molecule has 1 aromatic carbocycles. The van der Waals surface area contributed by atoms with E-state index in [0.717, 1.165) is 25.0 Å². The highest BCUT2D eigenvalue weighted by Gasteiger charge is 2.12. The molecule has 0 amide bonds. The molecule has 19 heavy (non-hydrogen) atoms. The van der Waals surface area contributed by atoms with E-state index in [-0.39, 0.29) is 0 Å². The van der Waals surface area contributed by atoms with Crippen LogP contribution in [0.2, 0.25) is 0 Å². The fourth-order valence-electron chi connectivity index (χ4n) is 2.44. The zero-order chi connectivity index (χ0) is 13.8. The average Bonchev–Trinajstić information content (AvgIpc) is 2.45. The summed E-state index contributed by atoms with van der Waals surface area (Å²) in [6, 6.07) is 6.51. The Labute approximate surface area is 114 Å². The van der Waals surface area contributed by atoms with E-state index in [4.69, 9.17) is 5.73 Å². The van der Waals surface area contributed by atoms with Gasteiger partial charge >= 0.3 is 0 Å². The van der Waals surface area contributed by atoms with E-state index in [1.807, 2.05) is 6.07 Å². The van der Waals surface area contributed by atoms with Crippen molar-refractivity contribution in [2.24, 2.45) is 0 Å². The maximum absolute atomic E-state index is 5.71. The Balaban J connectivity index is 2.66. The number of rotatable bonds is 4. The molecule has 0 aliphatic carbocycles. The summed E-state index contributed by atoms with van der Waals surface area (Å²) in [5, 5.41) is 0. The van der Waals surface area contributed by atoms with E-state index in [1.54, 1.807) is 6.20 Å². The Hall–Kier alpha value is -1.90. The predicted molar refractivity (Wildman–Crippen MR) is 80.0 cm³/mol. The number of nitrogens with zero attached hydrogens (tertiary/aromatic N) is 2. The second-order valence-corrected chi connectivity index (χ2v) is 4.65. The molecule has 3 nitrogen and oxygen atoms in total. The molecule has 2 aromatic rings. The molecule has 0 aliphatic heterocycles. The maximum atomic E-state index is 5.71. The van der Waals surface area contributed by atoms with Crippen molar-refractivity contribution in [1.29, 1.82) is 0 Å². The largest absolute Gasteiger partial charge is 0.368 e. The van der Waals surface area contributed by atoms with Gasteiger partial charge in [-0.05, 0) is 42.0 Å². The van der Waals surface area contributed by atoms with Crippen molar-refractivity contribution in [3.63, 3.8) is 0 Å². The zero-order valence-corrected chi connectivity index (χ0v) is 11.9. The molecular weight excluding hydrogens is 234 g/mol. The van der Waals surface area contributed by atoms with E-state index in [0.29, 0.717) is 5.95 Å². The van der Waals surface area contributed by atoms with Gasteiger partial charge in [0.1, 0.15) is 0 Å². The molecule has 100 valence electrons. The van der Waals surface area contributed by atoms with Crippen LogP contribution in [0.5, 0.6) is 0 Å². The van der Waals surface area contributed by atoms with Crippen LogP contribution in [0.3, 0.4) is 0 Å². The van der Waals surface area contributed by atoms with Crippen LogP contribution in [-0.2, 0) is 19.3 Å². The molecule has 0 saturated carbocycles. The van der Waals surface area contributed by atoms with E-state index in [1.165, 1.54) is 22.3 Å². The molecule has 0 spiro atoms. The van der Waals surface area contributed by atoms with Crippen molar-refractivity contribution in [2.45, 2.75) is 40.0 Å². The van der Waals surface area contributed by atoms with Gasteiger partial charge < -0.3 is 5.73 Å². The van der Waals surface area contributed by atoms with E-state index < -0.39 is 0 Å². The van der Waals surface area contributed by atoms with Crippen LogP contribution < -0.4 is 5.73 Å². The first-order valence-electron chi connectivity index (χ1n) is 6.93. The molecule has 0 saturated heterocycles. The first-order chi connectivity index (χ1) is 9.19. The first-order valence-corrected chi connectivity index (χ1v) is 6.93. The van der Waals surface area contributed by atoms with Crippen molar-refractivity contribution >= 4 is 5.95 Å². The number of aryl methyl sites for hydroxylation is 3. The summed E-state index contributed by atoms with van der Waals surface area (Å²) in [6.07, 6.45) is 4.79. The molecule has 0 bridgehead atoms. The van der Waals surface area contributed by atoms with Gasteiger partial charge in [0.2, 0.25) is 5.95 Å². The van der Waals surface area contributed by atoms with Gasteiger partial charge in [-0.15, -0.1) is 0 Å². The maximum Gasteiger partial charge on any atom is 0.220 e. The van der Waals surface area contributed by atoms with E-state index in [9.17, 15) is 0 Å². The molecule has 0 unspecified atom stereocenters. The number of hydrogen-bond donors (Lipinski definition) is 1. The lowest BCUT2D eigenvalue weighted by atomic mass is 9.91. The fraction of sp³-hybridized carbons (Fsp3) is 0.375. The summed E-state index contributed by atoms with van der Waals surface area (Å²) in [4.78, 5) is 8.36. The molecule has 2 rings (SSSR count). The normalized spacial score (nSPS) is 10.7. The summed E-state index contributed by atoms with van der Waals surface area (Å²) in [7, 11) is 0. The molecule has 1 aromatic heterocycles. The second kappa shape index (κ2) is 5.83. The highest BCUT2D eigenvalue weighted by molar-refractivity contribution is 5.69. The molecule has 0 fully saturated rings. The van der Waals surface area contributed by atoms with Crippen LogP contribution in [0.15, 0.2) is 24.4 Å². The van der Waals surface area contributed by atoms with Crippen molar-refractivity contribution in [3.8, 4) is 11.3 Å². The van der Waals surface area contributed by atoms with Gasteiger partial charge in [0.25, 0.3) is 0 Å². The minimum atomic E-state index is 0.334. The smallest absolute Gasteiger partial charge is 0.220 e. The van der Waals surface area contributed by atoms with Crippen LogP contribution in [0.1, 0.15) is 37.5 Å². The van der Waals surface area contributed by atoms with Gasteiger partial charge in [-0.25, -0.2) is 9.97 Å². The predicted octanol–water partition coefficient (Wildman–Crippen LogP) is 3.41. The minimum Gasteiger partial charge on any atom is -0.368 e. The van der Waals surface area contributed by atoms with Crippen molar-refractivity contribution in [2.75, 3.05) is 5.73 Å². The standard InChI is InChI=1S/C16H21N3/c1-4-11-9-12(5-2)15(13(6-3)10-11)14-7-8-18-16(17)19-14/h7-10H,4-6H2,1-3H3,(H2,17,18,19). The minimum absolute atomic E-state index is 0.334. The molecule has 0 atom stereocenters. The van der Waals surface area contributed by atoms with Crippen LogP contribution in [0.4, 0.5) is 5.95 Å². The molecule has 2 N–H and O–H groups in total. The zero-order valence-electron chi connectivity index (χ0n) is 11.9. The summed E-state index contributed by atoms with van der Waals surface area (Å²) < 4.78 is 0. The average molecular weight is 255 g/mol. The van der Waals surface area contributed by atoms with Crippen LogP contribution in [-0.4, -0.2) is 9.97 Å². The number of nitrogens with two attached hydrogens (primary N) is 1. The summed E-state index contributed by atoms with van der Waals surface area (Å²) in [5.74, 6) is 0.334. The van der Waals surface area contributed by atoms with Crippen LogP contribution in [0, 0.1) is 0 Å². The van der Waals surface area contributed by atoms with Gasteiger partial charge in [-0.3, -0.25) is 0 Å². The van der Waals surface area contributed by atoms with E-state index >= 15 is 0 Å². The van der Waals surface area contributed by atoms with Gasteiger partial charge in [-0.1, -0.05) is 32.9 Å². The quantitative estimate of drug-likeness (QED) is 0.910. The molecule has 1 heterocycles. The Morgan fingerprint density at radius 1 is 1.00 bits per heavy atom. The molecule has 0 aliphatic rings. The Morgan fingerprint density at radius 2 is 1.63 bits per heavy atom. The number of nitrogen functional groups attached to an aromatic ring is 1. The van der Waals surface area contributed by atoms with Crippen molar-refractivity contribution in [3.05, 3.63) is 41.1 Å². The Bertz CT molecular complexity index is 551. The van der Waals surface area contributed by atoms with Crippen molar-refractivity contribution in [1.82, 2.24) is 9.97 Å². The Morgan fingerprint density at radius 3 is 2.11 bits per heavy atom. The molecule has 0 radical (unpaired) electrons. The summed E-state index contributed by atoms with van der Waals surface area (Å²) >= 11 is 0. The third kappa shape index (κ3) is 2.75. The number of anilines is 1. The highest BCUT2D eigenvalue weighted by Crippen LogP contribution is 2.29. The van der Waals surface area contributed by atoms with Crippen LogP contribution in [0.25, 0.3) is 11.3 Å². The lowest BCUT2D eigenvalue weighted by Gasteiger charge is -2.15. The SMILES string of the molecule is CCc1cc(CC)c(-c2ccnc(N)n2)c(CC)c1. The first kappa shape index (κ1) is 13.5. The fourth-order valence-corrected chi connectivity index (χ4v) is 2.44. The summed E-state index contributed by atoms with van der Waals surface area (Å²) in [6.45, 7) is 6.56. The topological polar surface area (TPSA) is 51.8 Å². The van der Waals surface area contributed by atoms with Gasteiger partial charge in [-0.2, -0.15) is 0 Å². The van der Waals surface area contributed by atoms with Gasteiger partial charge in [0.15, 0.2) is 0 Å². The third-order valence-electron chi connectivity index (χ3n) is 3.46. The summed E-state index contributed by atoms with van der Waals surface area (Å²) in [5.41, 5.74) is 12.0. The monoisotopic (exact) mass is 255 g/mol. The molecular formula is C16H21N3. The Kier molecular flexibility index (Phi) is 4.15. The van der Waals surface area contributed by atoms with Crippen molar-refractivity contribution < 1.29 is 0 Å². The number of benzene rings is 1. The number of aromatic nitrogens is 2. The lowest BCUT2D eigenvalue weighted by molar-refractivity contribution is 1.04. The van der Waals surface area contributed by atoms with E-state index in [2.05, 4.69) is 42.9 Å². The third-order valence-corrected chi connectivity index (χ3v) is 3.46. The van der Waals surface area contributed by atoms with Crippen LogP contribution >= 0.6 is 0 Å². The second-order valence-electron chi connectivity index (χ2n) is 4.65. The van der Waals surface area contributed by atoms with Gasteiger partial charge in [0, 0.05) is 11.8 Å². The molecule has 3 heteroatoms. The lowest BCUT2D eigenvalue weighted by Crippen LogP contribution is -2.01. The number of hydrogen-bond acceptors (Lipinski definition) is 3. The highest BCUT2D eigenvalue weighted by atomic mass is 15.0. The van der Waals surface area contributed by atoms with Gasteiger partial charge in [0.05, 0.1) is 5.69 Å².